The molecule has 34 heavy (non-hydrogen) atoms. The Bertz CT molecular complexity index is 1000. The van der Waals surface area contributed by atoms with Gasteiger partial charge in [0.2, 0.25) is 0 Å². The number of amidine groups is 1. The van der Waals surface area contributed by atoms with E-state index < -0.39 is 0 Å². The maximum absolute atomic E-state index is 5.53. The highest BCUT2D eigenvalue weighted by atomic mass is 32.1. The molecule has 0 amide bonds. The summed E-state index contributed by atoms with van der Waals surface area (Å²) >= 11 is 5.53. The van der Waals surface area contributed by atoms with Crippen LogP contribution in [0.3, 0.4) is 0 Å². The van der Waals surface area contributed by atoms with Crippen molar-refractivity contribution in [3.05, 3.63) is 64.7 Å². The van der Waals surface area contributed by atoms with Gasteiger partial charge in [-0.1, -0.05) is 56.8 Å². The van der Waals surface area contributed by atoms with E-state index >= 15 is 0 Å². The highest BCUT2D eigenvalue weighted by molar-refractivity contribution is 7.71. The lowest BCUT2D eigenvalue weighted by molar-refractivity contribution is 0.190. The molecule has 0 N–H and O–H groups in total. The zero-order valence-corrected chi connectivity index (χ0v) is 22.0. The number of aliphatic imine (C=N–C) groups is 2. The number of unbranched alkanes of at least 4 members (excludes halogenated alkanes) is 1. The van der Waals surface area contributed by atoms with Crippen LogP contribution in [-0.4, -0.2) is 53.3 Å². The van der Waals surface area contributed by atoms with Crippen LogP contribution in [-0.2, 0) is 11.2 Å². The third-order valence-corrected chi connectivity index (χ3v) is 4.74. The molecule has 0 fully saturated rings. The highest BCUT2D eigenvalue weighted by Crippen LogP contribution is 2.13. The van der Waals surface area contributed by atoms with Crippen LogP contribution in [0.5, 0.6) is 0 Å². The maximum atomic E-state index is 5.53. The molecule has 0 saturated heterocycles. The smallest absolute Gasteiger partial charge is 0.158 e. The van der Waals surface area contributed by atoms with Crippen molar-refractivity contribution in [2.24, 2.45) is 15.1 Å². The summed E-state index contributed by atoms with van der Waals surface area (Å²) in [6.45, 7) is 13.0. The molecule has 1 rings (SSSR count). The lowest BCUT2D eigenvalue weighted by atomic mass is 10.1. The van der Waals surface area contributed by atoms with E-state index in [1.54, 1.807) is 15.9 Å². The van der Waals surface area contributed by atoms with Crippen LogP contribution < -0.4 is 0 Å². The number of aromatic nitrogens is 2. The molecule has 184 valence electrons. The Morgan fingerprint density at radius 1 is 1.29 bits per heavy atom. The first-order valence-corrected chi connectivity index (χ1v) is 12.0. The Hall–Kier alpha value is -2.97. The topological polar surface area (TPSA) is 67.4 Å². The maximum Gasteiger partial charge on any atom is 0.158 e. The molecule has 1 aromatic rings. The van der Waals surface area contributed by atoms with Crippen molar-refractivity contribution in [3.63, 3.8) is 0 Å². The van der Waals surface area contributed by atoms with Crippen LogP contribution in [0.15, 0.2) is 69.6 Å². The molecule has 0 aliphatic carbocycles. The zero-order chi connectivity index (χ0) is 25.2. The Balaban J connectivity index is 3.08. The van der Waals surface area contributed by atoms with Gasteiger partial charge in [0.15, 0.2) is 5.84 Å². The predicted octanol–water partition coefficient (Wildman–Crippen LogP) is 6.23. The summed E-state index contributed by atoms with van der Waals surface area (Å²) in [5.41, 5.74) is 2.85. The van der Waals surface area contributed by atoms with Gasteiger partial charge in [0.05, 0.1) is 16.8 Å². The molecule has 0 unspecified atom stereocenters. The van der Waals surface area contributed by atoms with Crippen molar-refractivity contribution in [2.75, 3.05) is 20.3 Å². The van der Waals surface area contributed by atoms with E-state index in [9.17, 15) is 0 Å². The third-order valence-electron chi connectivity index (χ3n) is 4.37. The molecule has 0 aliphatic heterocycles. The second kappa shape index (κ2) is 17.5. The summed E-state index contributed by atoms with van der Waals surface area (Å²) in [7, 11) is 1.89. The second-order valence-electron chi connectivity index (χ2n) is 7.41. The summed E-state index contributed by atoms with van der Waals surface area (Å²) in [5.74, 6) is 0.597. The minimum absolute atomic E-state index is 0.439. The van der Waals surface area contributed by atoms with Crippen molar-refractivity contribution in [3.8, 4) is 0 Å². The third kappa shape index (κ3) is 11.8. The van der Waals surface area contributed by atoms with E-state index in [1.165, 1.54) is 6.20 Å². The van der Waals surface area contributed by atoms with Crippen LogP contribution >= 0.6 is 12.2 Å². The number of hydrogen-bond acceptors (Lipinski definition) is 6. The van der Waals surface area contributed by atoms with Crippen molar-refractivity contribution >= 4 is 36.7 Å². The first-order valence-electron chi connectivity index (χ1n) is 11.6. The highest BCUT2D eigenvalue weighted by Gasteiger charge is 2.06. The van der Waals surface area contributed by atoms with Gasteiger partial charge in [-0.3, -0.25) is 5.01 Å². The fourth-order valence-corrected chi connectivity index (χ4v) is 2.94. The van der Waals surface area contributed by atoms with Crippen LogP contribution in [0.25, 0.3) is 6.20 Å². The quantitative estimate of drug-likeness (QED) is 0.0787. The van der Waals surface area contributed by atoms with Gasteiger partial charge in [0, 0.05) is 62.9 Å². The molecule has 1 heterocycles. The van der Waals surface area contributed by atoms with Gasteiger partial charge < -0.3 is 4.74 Å². The standard InChI is InChI=1S/C26H38N6OS/c1-7-11-14-29-31(6)17-18-32-16-13-25(34)24(30-32)21-22(5)20-23(12-8-2)26(27-9-3)28-15-19-33-10-4/h9,12-18,20H,3,7-8,10-11,19,21H2,1-2,4-6H3/b18-17+,22-20+,23-12+,27-26?,28-15?,29-14?. The van der Waals surface area contributed by atoms with Gasteiger partial charge in [0.25, 0.3) is 0 Å². The van der Waals surface area contributed by atoms with E-state index in [2.05, 4.69) is 59.7 Å². The molecular formula is C26H38N6OS. The fraction of sp³-hybridized carbons (Fsp3) is 0.423. The number of hydrazone groups is 1. The average molecular weight is 483 g/mol. The van der Waals surface area contributed by atoms with E-state index in [0.29, 0.717) is 25.5 Å². The van der Waals surface area contributed by atoms with Gasteiger partial charge in [-0.15, -0.1) is 0 Å². The van der Waals surface area contributed by atoms with Crippen LogP contribution in [0, 0.1) is 4.51 Å². The molecule has 0 radical (unpaired) electrons. The average Bonchev–Trinajstić information content (AvgIpc) is 2.81. The van der Waals surface area contributed by atoms with Crippen LogP contribution in [0.2, 0.25) is 0 Å². The molecule has 0 atom stereocenters. The fourth-order valence-electron chi connectivity index (χ4n) is 2.77. The molecule has 0 aromatic carbocycles. The number of ether oxygens (including phenoxy) is 1. The molecule has 7 nitrogen and oxygen atoms in total. The molecule has 8 heteroatoms. The summed E-state index contributed by atoms with van der Waals surface area (Å²) in [6.07, 6.45) is 18.3. The monoisotopic (exact) mass is 482 g/mol. The van der Waals surface area contributed by atoms with Gasteiger partial charge >= 0.3 is 0 Å². The van der Waals surface area contributed by atoms with Crippen LogP contribution in [0.4, 0.5) is 0 Å². The largest absolute Gasteiger partial charge is 0.376 e. The molecule has 0 spiro atoms. The molecule has 1 aromatic heterocycles. The first kappa shape index (κ1) is 29.1. The van der Waals surface area contributed by atoms with Crippen LogP contribution in [0.1, 0.15) is 52.7 Å². The second-order valence-corrected chi connectivity index (χ2v) is 7.85. The molecule has 0 saturated carbocycles. The summed E-state index contributed by atoms with van der Waals surface area (Å²) in [4.78, 5) is 8.83. The van der Waals surface area contributed by atoms with Crippen molar-refractivity contribution < 1.29 is 4.74 Å². The minimum atomic E-state index is 0.439. The van der Waals surface area contributed by atoms with Gasteiger partial charge in [-0.2, -0.15) is 10.2 Å². The Kier molecular flexibility index (Phi) is 15.0. The van der Waals surface area contributed by atoms with Gasteiger partial charge in [-0.25, -0.2) is 14.7 Å². The first-order chi connectivity index (χ1) is 16.4. The SMILES string of the molecule is C=CN=C(N=CCOCC)C(/C=C(\C)Cc1nn(/C=C/N(C)N=CCCC)ccc1=S)=C/CC. The van der Waals surface area contributed by atoms with Crippen molar-refractivity contribution in [1.82, 2.24) is 14.8 Å². The van der Waals surface area contributed by atoms with E-state index in [-0.39, 0.29) is 0 Å². The van der Waals surface area contributed by atoms with Crippen molar-refractivity contribution in [1.29, 1.82) is 0 Å². The molecular weight excluding hydrogens is 444 g/mol. The number of nitrogens with zero attached hydrogens (tertiary/aromatic N) is 6. The van der Waals surface area contributed by atoms with E-state index in [1.807, 2.05) is 44.8 Å². The number of allylic oxidation sites excluding steroid dienone is 2. The number of rotatable bonds is 14. The van der Waals surface area contributed by atoms with Gasteiger partial charge in [0.1, 0.15) is 0 Å². The Morgan fingerprint density at radius 3 is 2.76 bits per heavy atom. The van der Waals surface area contributed by atoms with Crippen molar-refractivity contribution in [2.45, 2.75) is 53.4 Å². The Labute approximate surface area is 209 Å². The molecule has 0 bridgehead atoms. The van der Waals surface area contributed by atoms with Gasteiger partial charge in [-0.05, 0) is 32.8 Å². The minimum Gasteiger partial charge on any atom is -0.376 e. The van der Waals surface area contributed by atoms with E-state index in [4.69, 9.17) is 17.0 Å². The predicted molar refractivity (Wildman–Crippen MR) is 148 cm³/mol. The summed E-state index contributed by atoms with van der Waals surface area (Å²) in [6, 6.07) is 1.89. The summed E-state index contributed by atoms with van der Waals surface area (Å²) in [5, 5.41) is 10.8. The normalized spacial score (nSPS) is 13.5. The number of hydrogen-bond donors (Lipinski definition) is 0. The lowest BCUT2D eigenvalue weighted by Crippen LogP contribution is -2.06. The molecule has 0 aliphatic rings. The Morgan fingerprint density at radius 2 is 2.09 bits per heavy atom. The summed E-state index contributed by atoms with van der Waals surface area (Å²) < 4.78 is 7.81. The van der Waals surface area contributed by atoms with E-state index in [0.717, 1.165) is 40.6 Å². The zero-order valence-electron chi connectivity index (χ0n) is 21.1. The lowest BCUT2D eigenvalue weighted by Gasteiger charge is -2.09.